The molecule has 1 aliphatic heterocycles. The van der Waals surface area contributed by atoms with E-state index in [-0.39, 0.29) is 24.1 Å². The summed E-state index contributed by atoms with van der Waals surface area (Å²) in [5.74, 6) is 2.09. The first-order valence-corrected chi connectivity index (χ1v) is 11.1. The number of aliphatic hydroxyl groups excluding tert-OH is 1. The number of tetrazole rings is 1. The van der Waals surface area contributed by atoms with Crippen LogP contribution in [0, 0.1) is 5.92 Å². The van der Waals surface area contributed by atoms with Crippen LogP contribution in [-0.2, 0) is 17.8 Å². The van der Waals surface area contributed by atoms with Crippen molar-refractivity contribution in [1.29, 1.82) is 0 Å². The van der Waals surface area contributed by atoms with Gasteiger partial charge < -0.3 is 24.3 Å². The first-order chi connectivity index (χ1) is 16.0. The van der Waals surface area contributed by atoms with Crippen LogP contribution in [0.15, 0.2) is 23.0 Å². The number of nitrogens with one attached hydrogen (secondary N) is 1. The third kappa shape index (κ3) is 5.00. The lowest BCUT2D eigenvalue weighted by Gasteiger charge is -2.33. The van der Waals surface area contributed by atoms with E-state index in [1.54, 1.807) is 17.9 Å². The van der Waals surface area contributed by atoms with Gasteiger partial charge in [-0.05, 0) is 28.5 Å². The number of benzene rings is 1. The number of hydrogen-bond donors (Lipinski definition) is 2. The van der Waals surface area contributed by atoms with Gasteiger partial charge in [0.25, 0.3) is 5.56 Å². The van der Waals surface area contributed by atoms with E-state index < -0.39 is 0 Å². The van der Waals surface area contributed by atoms with Gasteiger partial charge in [0.1, 0.15) is 13.2 Å². The van der Waals surface area contributed by atoms with Crippen molar-refractivity contribution >= 4 is 10.9 Å². The van der Waals surface area contributed by atoms with Crippen molar-refractivity contribution in [3.8, 4) is 11.5 Å². The van der Waals surface area contributed by atoms with Crippen molar-refractivity contribution in [2.45, 2.75) is 33.0 Å². The lowest BCUT2D eigenvalue weighted by molar-refractivity contribution is 0.103. The number of fused-ring (bicyclic) bond motifs is 2. The number of rotatable bonds is 10. The van der Waals surface area contributed by atoms with E-state index in [0.717, 1.165) is 5.39 Å². The first-order valence-electron chi connectivity index (χ1n) is 11.1. The van der Waals surface area contributed by atoms with Crippen LogP contribution in [0.1, 0.15) is 31.3 Å². The first kappa shape index (κ1) is 23.1. The molecule has 2 N–H and O–H groups in total. The molecule has 1 atom stereocenters. The van der Waals surface area contributed by atoms with Gasteiger partial charge in [0.05, 0.1) is 31.3 Å². The second-order valence-electron chi connectivity index (χ2n) is 8.34. The van der Waals surface area contributed by atoms with E-state index >= 15 is 0 Å². The van der Waals surface area contributed by atoms with Crippen LogP contribution < -0.4 is 15.0 Å². The summed E-state index contributed by atoms with van der Waals surface area (Å²) in [7, 11) is 1.63. The molecule has 2 aromatic heterocycles. The largest absolute Gasteiger partial charge is 0.486 e. The summed E-state index contributed by atoms with van der Waals surface area (Å²) in [6.45, 7) is 6.72. The summed E-state index contributed by atoms with van der Waals surface area (Å²) in [5.41, 5.74) is 1.07. The number of aromatic nitrogens is 5. The zero-order valence-electron chi connectivity index (χ0n) is 19.2. The third-order valence-corrected chi connectivity index (χ3v) is 5.70. The number of ether oxygens (including phenoxy) is 3. The number of nitrogens with zero attached hydrogens (tertiary/aromatic N) is 5. The standard InChI is InChI=1S/C22H30N6O5/c1-14(2)20(21-24-25-26-28(21)5-7-31-3)27(4-6-29)13-16-10-15-11-18-19(33-9-8-32-18)12-17(15)23-22(16)30/h10-12,14,20,29H,4-9,13H2,1-3H3,(H,23,30)/t20-/m0/s1. The fraction of sp³-hybridized carbons (Fsp3) is 0.545. The monoisotopic (exact) mass is 458 g/mol. The highest BCUT2D eigenvalue weighted by atomic mass is 16.6. The molecule has 0 spiro atoms. The maximum absolute atomic E-state index is 12.9. The van der Waals surface area contributed by atoms with Crippen LogP contribution in [0.5, 0.6) is 11.5 Å². The number of pyridine rings is 1. The van der Waals surface area contributed by atoms with Crippen molar-refractivity contribution in [2.75, 3.05) is 40.1 Å². The molecular formula is C22H30N6O5. The predicted molar refractivity (Wildman–Crippen MR) is 120 cm³/mol. The molecule has 0 saturated carbocycles. The Morgan fingerprint density at radius 1 is 1.24 bits per heavy atom. The molecule has 11 nitrogen and oxygen atoms in total. The second kappa shape index (κ2) is 10.3. The Morgan fingerprint density at radius 2 is 2.00 bits per heavy atom. The average molecular weight is 459 g/mol. The van der Waals surface area contributed by atoms with Gasteiger partial charge in [-0.25, -0.2) is 4.68 Å². The number of H-pyrrole nitrogens is 1. The van der Waals surface area contributed by atoms with Crippen molar-refractivity contribution in [1.82, 2.24) is 30.1 Å². The number of methoxy groups -OCH3 is 1. The molecular weight excluding hydrogens is 428 g/mol. The van der Waals surface area contributed by atoms with E-state index in [0.29, 0.717) is 67.9 Å². The van der Waals surface area contributed by atoms with Gasteiger partial charge in [-0.2, -0.15) is 0 Å². The van der Waals surface area contributed by atoms with Gasteiger partial charge >= 0.3 is 0 Å². The molecule has 1 aliphatic rings. The van der Waals surface area contributed by atoms with Crippen LogP contribution in [0.25, 0.3) is 10.9 Å². The molecule has 0 fully saturated rings. The van der Waals surface area contributed by atoms with Crippen LogP contribution >= 0.6 is 0 Å². The fourth-order valence-electron chi connectivity index (χ4n) is 4.21. The topological polar surface area (TPSA) is 128 Å². The highest BCUT2D eigenvalue weighted by molar-refractivity contribution is 5.83. The van der Waals surface area contributed by atoms with Gasteiger partial charge in [-0.15, -0.1) is 5.10 Å². The van der Waals surface area contributed by atoms with Crippen molar-refractivity contribution in [3.63, 3.8) is 0 Å². The second-order valence-corrected chi connectivity index (χ2v) is 8.34. The highest BCUT2D eigenvalue weighted by Gasteiger charge is 2.29. The number of aliphatic hydroxyl groups is 1. The molecule has 0 aliphatic carbocycles. The molecule has 0 amide bonds. The molecule has 4 rings (SSSR count). The molecule has 0 bridgehead atoms. The Kier molecular flexibility index (Phi) is 7.21. The fourth-order valence-corrected chi connectivity index (χ4v) is 4.21. The van der Waals surface area contributed by atoms with Gasteiger partial charge in [0, 0.05) is 37.2 Å². The Bertz CT molecular complexity index is 1140. The highest BCUT2D eigenvalue weighted by Crippen LogP contribution is 2.34. The molecule has 1 aromatic carbocycles. The van der Waals surface area contributed by atoms with E-state index in [4.69, 9.17) is 14.2 Å². The zero-order valence-corrected chi connectivity index (χ0v) is 19.2. The minimum Gasteiger partial charge on any atom is -0.486 e. The molecule has 0 unspecified atom stereocenters. The Hall–Kier alpha value is -3.02. The van der Waals surface area contributed by atoms with Gasteiger partial charge in [-0.3, -0.25) is 9.69 Å². The van der Waals surface area contributed by atoms with E-state index in [9.17, 15) is 9.90 Å². The summed E-state index contributed by atoms with van der Waals surface area (Å²) >= 11 is 0. The van der Waals surface area contributed by atoms with Crippen molar-refractivity contribution in [3.05, 3.63) is 39.9 Å². The zero-order chi connectivity index (χ0) is 23.4. The maximum Gasteiger partial charge on any atom is 0.252 e. The normalized spacial score (nSPS) is 14.4. The molecule has 0 saturated heterocycles. The van der Waals surface area contributed by atoms with Crippen LogP contribution in [-0.4, -0.2) is 75.3 Å². The SMILES string of the molecule is COCCn1nnnc1[C@H](C(C)C)N(CCO)Cc1cc2cc3c(cc2[nH]c1=O)OCCO3. The minimum atomic E-state index is -0.209. The molecule has 0 radical (unpaired) electrons. The molecule has 178 valence electrons. The maximum atomic E-state index is 12.9. The molecule has 11 heteroatoms. The van der Waals surface area contributed by atoms with E-state index in [2.05, 4.69) is 34.4 Å². The average Bonchev–Trinajstić information content (AvgIpc) is 3.24. The Labute approximate surface area is 191 Å². The van der Waals surface area contributed by atoms with Crippen LogP contribution in [0.2, 0.25) is 0 Å². The minimum absolute atomic E-state index is 0.0625. The van der Waals surface area contributed by atoms with Crippen molar-refractivity contribution < 1.29 is 19.3 Å². The summed E-state index contributed by atoms with van der Waals surface area (Å²) in [5, 5.41) is 22.9. The lowest BCUT2D eigenvalue weighted by atomic mass is 10.0. The molecule has 3 heterocycles. The van der Waals surface area contributed by atoms with Gasteiger partial charge in [0.15, 0.2) is 17.3 Å². The summed E-state index contributed by atoms with van der Waals surface area (Å²) in [6.07, 6.45) is 0. The van der Waals surface area contributed by atoms with Gasteiger partial charge in [0.2, 0.25) is 0 Å². The Morgan fingerprint density at radius 3 is 2.70 bits per heavy atom. The summed E-state index contributed by atoms with van der Waals surface area (Å²) < 4.78 is 18.2. The quantitative estimate of drug-likeness (QED) is 0.459. The number of aromatic amines is 1. The Balaban J connectivity index is 1.68. The van der Waals surface area contributed by atoms with Gasteiger partial charge in [-0.1, -0.05) is 13.8 Å². The molecule has 33 heavy (non-hydrogen) atoms. The third-order valence-electron chi connectivity index (χ3n) is 5.70. The van der Waals surface area contributed by atoms with Crippen LogP contribution in [0.4, 0.5) is 0 Å². The van der Waals surface area contributed by atoms with E-state index in [1.807, 2.05) is 17.0 Å². The lowest BCUT2D eigenvalue weighted by Crippen LogP contribution is -2.37. The van der Waals surface area contributed by atoms with Crippen LogP contribution in [0.3, 0.4) is 0 Å². The summed E-state index contributed by atoms with van der Waals surface area (Å²) in [6, 6.07) is 5.33. The predicted octanol–water partition coefficient (Wildman–Crippen LogP) is 1.12. The van der Waals surface area contributed by atoms with Crippen molar-refractivity contribution in [2.24, 2.45) is 5.92 Å². The molecule has 3 aromatic rings. The summed E-state index contributed by atoms with van der Waals surface area (Å²) in [4.78, 5) is 17.9. The number of hydrogen-bond acceptors (Lipinski definition) is 9. The van der Waals surface area contributed by atoms with E-state index in [1.165, 1.54) is 0 Å². The smallest absolute Gasteiger partial charge is 0.252 e.